The van der Waals surface area contributed by atoms with Crippen LogP contribution in [0.1, 0.15) is 69.3 Å². The van der Waals surface area contributed by atoms with Crippen LogP contribution in [0.15, 0.2) is 63.9 Å². The molecule has 0 radical (unpaired) electrons. The number of rotatable bonds is 6. The Morgan fingerprint density at radius 2 is 1.95 bits per heavy atom. The fraction of sp³-hybridized carbons (Fsp3) is 0.529. The van der Waals surface area contributed by atoms with Crippen molar-refractivity contribution in [2.45, 2.75) is 75.7 Å². The lowest BCUT2D eigenvalue weighted by atomic mass is 9.45. The lowest BCUT2D eigenvalue weighted by Crippen LogP contribution is -2.63. The van der Waals surface area contributed by atoms with Gasteiger partial charge in [-0.2, -0.15) is 0 Å². The van der Waals surface area contributed by atoms with Crippen LogP contribution in [0.3, 0.4) is 0 Å². The predicted octanol–water partition coefficient (Wildman–Crippen LogP) is 5.93. The minimum atomic E-state index is -1.41. The first-order chi connectivity index (χ1) is 20.6. The van der Waals surface area contributed by atoms with E-state index in [1.165, 1.54) is 18.0 Å². The lowest BCUT2D eigenvalue weighted by Gasteiger charge is -2.60. The highest BCUT2D eigenvalue weighted by molar-refractivity contribution is 7.99. The summed E-state index contributed by atoms with van der Waals surface area (Å²) in [6.45, 7) is 4.26. The number of aliphatic hydroxyl groups is 1. The Hall–Kier alpha value is -3.17. The maximum absolute atomic E-state index is 14.5. The summed E-state index contributed by atoms with van der Waals surface area (Å²) in [5, 5.41) is 12.7. The van der Waals surface area contributed by atoms with Crippen molar-refractivity contribution in [3.63, 3.8) is 0 Å². The Bertz CT molecular complexity index is 1640. The van der Waals surface area contributed by atoms with Crippen LogP contribution in [0, 0.1) is 28.6 Å². The number of furan rings is 1. The second kappa shape index (κ2) is 10.2. The minimum absolute atomic E-state index is 0.000254. The number of ketones is 2. The number of thioether (sulfide) groups is 1. The number of hydrogen-bond donors (Lipinski definition) is 1. The number of benzene rings is 1. The number of aryl methyl sites for hydroxylation is 1. The highest BCUT2D eigenvalue weighted by Gasteiger charge is 2.70. The van der Waals surface area contributed by atoms with Crippen molar-refractivity contribution >= 4 is 40.3 Å². The summed E-state index contributed by atoms with van der Waals surface area (Å²) in [7, 11) is 1.94. The largest absolute Gasteiger partial charge is 0.457 e. The number of esters is 1. The highest BCUT2D eigenvalue weighted by Crippen LogP contribution is 2.68. The molecule has 3 aromatic rings. The molecule has 226 valence electrons. The summed E-state index contributed by atoms with van der Waals surface area (Å²) in [5.74, 6) is -0.249. The molecule has 1 aromatic carbocycles. The molecule has 7 rings (SSSR count). The molecule has 7 atom stereocenters. The van der Waals surface area contributed by atoms with Crippen LogP contribution in [0.5, 0.6) is 0 Å². The van der Waals surface area contributed by atoms with Crippen LogP contribution in [-0.4, -0.2) is 49.7 Å². The second-order valence-corrected chi connectivity index (χ2v) is 14.4. The van der Waals surface area contributed by atoms with E-state index < -0.39 is 23.1 Å². The van der Waals surface area contributed by atoms with Crippen LogP contribution in [-0.2, 0) is 21.4 Å². The van der Waals surface area contributed by atoms with Gasteiger partial charge in [0.15, 0.2) is 22.3 Å². The van der Waals surface area contributed by atoms with Gasteiger partial charge in [0.1, 0.15) is 0 Å². The molecule has 2 heterocycles. The summed E-state index contributed by atoms with van der Waals surface area (Å²) in [5.41, 5.74) is 0.586. The normalized spacial score (nSPS) is 35.2. The van der Waals surface area contributed by atoms with E-state index in [-0.39, 0.29) is 46.2 Å². The molecule has 8 nitrogen and oxygen atoms in total. The van der Waals surface area contributed by atoms with Crippen LogP contribution in [0.2, 0.25) is 0 Å². The highest BCUT2D eigenvalue weighted by atomic mass is 32.2. The quantitative estimate of drug-likeness (QED) is 0.273. The zero-order valence-corrected chi connectivity index (χ0v) is 25.7. The molecule has 9 heteroatoms. The summed E-state index contributed by atoms with van der Waals surface area (Å²) in [6.07, 6.45) is 6.95. The zero-order chi connectivity index (χ0) is 30.1. The van der Waals surface area contributed by atoms with Crippen molar-refractivity contribution < 1.29 is 28.6 Å². The number of allylic oxidation sites excluding steroid dienone is 1. The molecule has 3 saturated carbocycles. The van der Waals surface area contributed by atoms with Crippen molar-refractivity contribution in [3.8, 4) is 0 Å². The van der Waals surface area contributed by atoms with Gasteiger partial charge in [-0.05, 0) is 92.0 Å². The SMILES string of the molecule is Cn1c(SCC(=O)[C@@]2(OC(=O)c3ccco3)CC[C@H]3[C@@H]4CCC5=CC(=O)CC[C@]5(C)[C@H]4[C@@H](O)C[C@@]32C)nc2ccccc21. The molecule has 0 bridgehead atoms. The number of aromatic nitrogens is 2. The van der Waals surface area contributed by atoms with E-state index in [1.54, 1.807) is 12.1 Å². The Kier molecular flexibility index (Phi) is 6.78. The smallest absolute Gasteiger partial charge is 0.375 e. The maximum Gasteiger partial charge on any atom is 0.375 e. The third-order valence-corrected chi connectivity index (χ3v) is 12.6. The van der Waals surface area contributed by atoms with Gasteiger partial charge in [0.2, 0.25) is 5.76 Å². The molecule has 1 N–H and O–H groups in total. The zero-order valence-electron chi connectivity index (χ0n) is 24.9. The Morgan fingerprint density at radius 3 is 2.72 bits per heavy atom. The van der Waals surface area contributed by atoms with Gasteiger partial charge < -0.3 is 18.8 Å². The number of para-hydroxylation sites is 2. The molecular formula is C34H38N2O6S. The summed E-state index contributed by atoms with van der Waals surface area (Å²) in [6, 6.07) is 11.0. The van der Waals surface area contributed by atoms with Gasteiger partial charge >= 0.3 is 5.97 Å². The molecule has 0 unspecified atom stereocenters. The standard InChI is InChI=1S/C34H38N2O6S/c1-32-14-12-21(37)17-20(32)10-11-22-23-13-15-34(33(23,2)18-26(38)29(22)32,42-30(40)27-9-6-16-41-27)28(39)19-43-31-35-24-7-4-5-8-25(24)36(31)3/h4-9,16-17,22-23,26,29,38H,10-15,18-19H2,1-3H3/t22-,23-,26-,29+,32-,33-,34-/m0/s1. The molecule has 0 aliphatic heterocycles. The number of imidazole rings is 1. The Balaban J connectivity index is 1.23. The van der Waals surface area contributed by atoms with Gasteiger partial charge in [-0.15, -0.1) is 0 Å². The predicted molar refractivity (Wildman–Crippen MR) is 161 cm³/mol. The van der Waals surface area contributed by atoms with Gasteiger partial charge in [0.25, 0.3) is 0 Å². The first-order valence-corrected chi connectivity index (χ1v) is 16.3. The monoisotopic (exact) mass is 602 g/mol. The van der Waals surface area contributed by atoms with Gasteiger partial charge in [-0.1, -0.05) is 43.3 Å². The third-order valence-electron chi connectivity index (χ3n) is 11.5. The summed E-state index contributed by atoms with van der Waals surface area (Å²) < 4.78 is 13.7. The van der Waals surface area contributed by atoms with Crippen molar-refractivity contribution in [2.24, 2.45) is 35.6 Å². The van der Waals surface area contributed by atoms with E-state index in [9.17, 15) is 19.5 Å². The van der Waals surface area contributed by atoms with E-state index in [4.69, 9.17) is 14.1 Å². The maximum atomic E-state index is 14.5. The van der Waals surface area contributed by atoms with E-state index in [0.717, 1.165) is 47.4 Å². The van der Waals surface area contributed by atoms with E-state index in [1.807, 2.05) is 42.0 Å². The number of ether oxygens (including phenoxy) is 1. The number of carbonyl (C=O) groups excluding carboxylic acids is 3. The molecule has 4 aliphatic carbocycles. The van der Waals surface area contributed by atoms with Crippen molar-refractivity contribution in [3.05, 3.63) is 60.1 Å². The fourth-order valence-electron chi connectivity index (χ4n) is 9.46. The fourth-order valence-corrected chi connectivity index (χ4v) is 10.4. The average Bonchev–Trinajstić information content (AvgIpc) is 3.70. The molecule has 43 heavy (non-hydrogen) atoms. The number of carbonyl (C=O) groups is 3. The van der Waals surface area contributed by atoms with Crippen molar-refractivity contribution in [2.75, 3.05) is 5.75 Å². The van der Waals surface area contributed by atoms with E-state index >= 15 is 0 Å². The second-order valence-electron chi connectivity index (χ2n) is 13.5. The van der Waals surface area contributed by atoms with Gasteiger partial charge in [0.05, 0.1) is 29.2 Å². The third kappa shape index (κ3) is 4.21. The molecule has 0 amide bonds. The van der Waals surface area contributed by atoms with Gasteiger partial charge in [0, 0.05) is 18.9 Å². The van der Waals surface area contributed by atoms with Crippen LogP contribution in [0.25, 0.3) is 11.0 Å². The van der Waals surface area contributed by atoms with Crippen molar-refractivity contribution in [1.82, 2.24) is 9.55 Å². The van der Waals surface area contributed by atoms with Crippen LogP contribution < -0.4 is 0 Å². The minimum Gasteiger partial charge on any atom is -0.457 e. The molecule has 2 aromatic heterocycles. The number of fused-ring (bicyclic) bond motifs is 6. The number of nitrogens with zero attached hydrogens (tertiary/aromatic N) is 2. The average molecular weight is 603 g/mol. The summed E-state index contributed by atoms with van der Waals surface area (Å²) >= 11 is 1.35. The van der Waals surface area contributed by atoms with E-state index in [0.29, 0.717) is 19.3 Å². The van der Waals surface area contributed by atoms with E-state index in [2.05, 4.69) is 13.8 Å². The Labute approximate surface area is 255 Å². The molecule has 0 spiro atoms. The first kappa shape index (κ1) is 28.6. The molecule has 3 fully saturated rings. The van der Waals surface area contributed by atoms with Gasteiger partial charge in [-0.3, -0.25) is 9.59 Å². The summed E-state index contributed by atoms with van der Waals surface area (Å²) in [4.78, 5) is 45.0. The molecule has 4 aliphatic rings. The van der Waals surface area contributed by atoms with Crippen molar-refractivity contribution in [1.29, 1.82) is 0 Å². The topological polar surface area (TPSA) is 112 Å². The Morgan fingerprint density at radius 1 is 1.14 bits per heavy atom. The number of aliphatic hydroxyl groups excluding tert-OH is 1. The number of hydrogen-bond acceptors (Lipinski definition) is 8. The first-order valence-electron chi connectivity index (χ1n) is 15.3. The van der Waals surface area contributed by atoms with Gasteiger partial charge in [-0.25, -0.2) is 9.78 Å². The number of Topliss-reactive ketones (excluding diaryl/α,β-unsaturated/α-hetero) is 1. The lowest BCUT2D eigenvalue weighted by molar-refractivity contribution is -0.180. The van der Waals surface area contributed by atoms with Crippen LogP contribution in [0.4, 0.5) is 0 Å². The molecule has 0 saturated heterocycles. The van der Waals surface area contributed by atoms with Crippen LogP contribution >= 0.6 is 11.8 Å². The molecular weight excluding hydrogens is 564 g/mol.